The minimum Gasteiger partial charge on any atom is -0.338 e. The number of carbonyl (C=O) groups is 1. The molecule has 1 aromatic carbocycles. The first-order valence-electron chi connectivity index (χ1n) is 8.01. The molecule has 0 saturated carbocycles. The van der Waals surface area contributed by atoms with Gasteiger partial charge < -0.3 is 4.90 Å². The zero-order valence-corrected chi connectivity index (χ0v) is 14.0. The van der Waals surface area contributed by atoms with Crippen molar-refractivity contribution in [2.45, 2.75) is 32.4 Å². The Bertz CT molecular complexity index is 767. The van der Waals surface area contributed by atoms with Crippen LogP contribution >= 0.6 is 0 Å². The molecule has 1 amide bonds. The van der Waals surface area contributed by atoms with Crippen LogP contribution in [0.1, 0.15) is 45.2 Å². The van der Waals surface area contributed by atoms with E-state index in [1.165, 1.54) is 16.7 Å². The minimum absolute atomic E-state index is 0.0778. The van der Waals surface area contributed by atoms with Crippen LogP contribution in [0.3, 0.4) is 0 Å². The minimum atomic E-state index is -4.61. The number of hydrogen-bond donors (Lipinski definition) is 0. The lowest BCUT2D eigenvalue weighted by Gasteiger charge is -2.17. The summed E-state index contributed by atoms with van der Waals surface area (Å²) in [4.78, 5) is 20.6. The van der Waals surface area contributed by atoms with Gasteiger partial charge in [0.2, 0.25) is 5.82 Å². The van der Waals surface area contributed by atoms with Crippen LogP contribution in [0.2, 0.25) is 0 Å². The van der Waals surface area contributed by atoms with E-state index in [0.29, 0.717) is 13.1 Å². The van der Waals surface area contributed by atoms with Gasteiger partial charge in [0, 0.05) is 31.4 Å². The van der Waals surface area contributed by atoms with Crippen molar-refractivity contribution in [3.05, 3.63) is 58.7 Å². The highest BCUT2D eigenvalue weighted by molar-refractivity contribution is 5.93. The molecule has 0 spiro atoms. The van der Waals surface area contributed by atoms with E-state index in [2.05, 4.69) is 28.2 Å². The van der Waals surface area contributed by atoms with Crippen molar-refractivity contribution >= 4 is 5.91 Å². The Balaban J connectivity index is 1.72. The number of amides is 1. The Hall–Kier alpha value is -2.44. The summed E-state index contributed by atoms with van der Waals surface area (Å²) in [6.45, 7) is 5.18. The third-order valence-corrected chi connectivity index (χ3v) is 4.34. The third kappa shape index (κ3) is 3.81. The second-order valence-electron chi connectivity index (χ2n) is 6.45. The van der Waals surface area contributed by atoms with E-state index in [-0.39, 0.29) is 17.4 Å². The van der Waals surface area contributed by atoms with E-state index in [1.54, 1.807) is 4.90 Å². The molecule has 2 heterocycles. The molecule has 3 rings (SSSR count). The fraction of sp³-hybridized carbons (Fsp3) is 0.389. The molecule has 1 aromatic heterocycles. The molecule has 25 heavy (non-hydrogen) atoms. The Kier molecular flexibility index (Phi) is 4.49. The summed E-state index contributed by atoms with van der Waals surface area (Å²) < 4.78 is 37.5. The first kappa shape index (κ1) is 17.4. The number of nitrogens with zero attached hydrogens (tertiary/aromatic N) is 3. The van der Waals surface area contributed by atoms with Gasteiger partial charge in [0.1, 0.15) is 0 Å². The smallest absolute Gasteiger partial charge is 0.338 e. The molecule has 4 nitrogen and oxygen atoms in total. The number of benzene rings is 1. The molecule has 132 valence electrons. The summed E-state index contributed by atoms with van der Waals surface area (Å²) in [5.74, 6) is -1.34. The van der Waals surface area contributed by atoms with Crippen molar-refractivity contribution in [2.24, 2.45) is 0 Å². The molecule has 1 aliphatic rings. The van der Waals surface area contributed by atoms with Crippen molar-refractivity contribution < 1.29 is 18.0 Å². The second-order valence-corrected chi connectivity index (χ2v) is 6.45. The molecule has 0 radical (unpaired) electrons. The highest BCUT2D eigenvalue weighted by Gasteiger charge is 2.35. The molecule has 0 N–H and O–H groups in total. The third-order valence-electron chi connectivity index (χ3n) is 4.34. The molecule has 0 bridgehead atoms. The van der Waals surface area contributed by atoms with Gasteiger partial charge in [0.25, 0.3) is 5.91 Å². The largest absolute Gasteiger partial charge is 0.451 e. The summed E-state index contributed by atoms with van der Waals surface area (Å²) in [5.41, 5.74) is 3.62. The Labute approximate surface area is 143 Å². The van der Waals surface area contributed by atoms with Gasteiger partial charge in [-0.2, -0.15) is 13.2 Å². The zero-order chi connectivity index (χ0) is 18.2. The normalized spacial score (nSPS) is 17.8. The maximum absolute atomic E-state index is 12.5. The second kappa shape index (κ2) is 6.46. The zero-order valence-electron chi connectivity index (χ0n) is 14.0. The van der Waals surface area contributed by atoms with E-state index in [4.69, 9.17) is 0 Å². The molecular weight excluding hydrogens is 331 g/mol. The van der Waals surface area contributed by atoms with Crippen LogP contribution in [0.5, 0.6) is 0 Å². The number of likely N-dealkylation sites (tertiary alicyclic amines) is 1. The van der Waals surface area contributed by atoms with Gasteiger partial charge in [-0.15, -0.1) is 0 Å². The maximum Gasteiger partial charge on any atom is 0.451 e. The average Bonchev–Trinajstić information content (AvgIpc) is 3.02. The molecule has 7 heteroatoms. The van der Waals surface area contributed by atoms with Gasteiger partial charge in [-0.3, -0.25) is 4.79 Å². The van der Waals surface area contributed by atoms with Crippen LogP contribution in [-0.4, -0.2) is 33.9 Å². The van der Waals surface area contributed by atoms with Gasteiger partial charge in [0.15, 0.2) is 0 Å². The number of halogens is 3. The van der Waals surface area contributed by atoms with Gasteiger partial charge >= 0.3 is 6.18 Å². The van der Waals surface area contributed by atoms with E-state index >= 15 is 0 Å². The van der Waals surface area contributed by atoms with Crippen molar-refractivity contribution in [1.82, 2.24) is 14.9 Å². The fourth-order valence-corrected chi connectivity index (χ4v) is 3.23. The predicted molar refractivity (Wildman–Crippen MR) is 86.2 cm³/mol. The first-order chi connectivity index (χ1) is 11.7. The Morgan fingerprint density at radius 2 is 1.72 bits per heavy atom. The molecule has 1 fully saturated rings. The number of aryl methyl sites for hydroxylation is 2. The predicted octanol–water partition coefficient (Wildman–Crippen LogP) is 3.74. The van der Waals surface area contributed by atoms with Crippen molar-refractivity contribution in [3.8, 4) is 0 Å². The Morgan fingerprint density at radius 1 is 1.12 bits per heavy atom. The molecule has 0 aliphatic carbocycles. The lowest BCUT2D eigenvalue weighted by molar-refractivity contribution is -0.145. The van der Waals surface area contributed by atoms with Crippen LogP contribution < -0.4 is 0 Å². The fourth-order valence-electron chi connectivity index (χ4n) is 3.23. The maximum atomic E-state index is 12.5. The monoisotopic (exact) mass is 349 g/mol. The highest BCUT2D eigenvalue weighted by Crippen LogP contribution is 2.30. The molecule has 1 saturated heterocycles. The van der Waals surface area contributed by atoms with E-state index < -0.39 is 12.0 Å². The molecular formula is C18H18F3N3O. The van der Waals surface area contributed by atoms with Crippen molar-refractivity contribution in [3.63, 3.8) is 0 Å². The standard InChI is InChI=1S/C18H18F3N3O/c1-11-5-12(2)7-14(6-11)13-3-4-24(10-13)16(25)15-8-22-17(23-9-15)18(19,20)21/h5-9,13H,3-4,10H2,1-2H3/t13-/m1/s1. The topological polar surface area (TPSA) is 46.1 Å². The summed E-state index contributed by atoms with van der Waals surface area (Å²) in [5, 5.41) is 0. The summed E-state index contributed by atoms with van der Waals surface area (Å²) in [7, 11) is 0. The number of alkyl halides is 3. The Morgan fingerprint density at radius 3 is 2.28 bits per heavy atom. The summed E-state index contributed by atoms with van der Waals surface area (Å²) >= 11 is 0. The summed E-state index contributed by atoms with van der Waals surface area (Å²) in [6.07, 6.45) is -1.88. The number of hydrogen-bond acceptors (Lipinski definition) is 3. The summed E-state index contributed by atoms with van der Waals surface area (Å²) in [6, 6.07) is 6.33. The number of aromatic nitrogens is 2. The van der Waals surface area contributed by atoms with E-state index in [0.717, 1.165) is 18.8 Å². The van der Waals surface area contributed by atoms with Crippen LogP contribution in [0.25, 0.3) is 0 Å². The first-order valence-corrected chi connectivity index (χ1v) is 8.01. The molecule has 1 atom stereocenters. The van der Waals surface area contributed by atoms with Crippen LogP contribution in [0.15, 0.2) is 30.6 Å². The van der Waals surface area contributed by atoms with E-state index in [9.17, 15) is 18.0 Å². The van der Waals surface area contributed by atoms with Gasteiger partial charge in [0.05, 0.1) is 5.56 Å². The number of carbonyl (C=O) groups excluding carboxylic acids is 1. The molecule has 0 unspecified atom stereocenters. The number of rotatable bonds is 2. The van der Waals surface area contributed by atoms with Crippen LogP contribution in [-0.2, 0) is 6.18 Å². The van der Waals surface area contributed by atoms with Crippen molar-refractivity contribution in [1.29, 1.82) is 0 Å². The lowest BCUT2D eigenvalue weighted by Crippen LogP contribution is -2.29. The van der Waals surface area contributed by atoms with Gasteiger partial charge in [-0.1, -0.05) is 29.3 Å². The lowest BCUT2D eigenvalue weighted by atomic mass is 9.95. The average molecular weight is 349 g/mol. The highest BCUT2D eigenvalue weighted by atomic mass is 19.4. The van der Waals surface area contributed by atoms with Gasteiger partial charge in [-0.25, -0.2) is 9.97 Å². The van der Waals surface area contributed by atoms with Gasteiger partial charge in [-0.05, 0) is 25.8 Å². The SMILES string of the molecule is Cc1cc(C)cc([C@@H]2CCN(C(=O)c3cnc(C(F)(F)F)nc3)C2)c1. The molecule has 2 aromatic rings. The van der Waals surface area contributed by atoms with E-state index in [1.807, 2.05) is 13.8 Å². The van der Waals surface area contributed by atoms with Crippen LogP contribution in [0, 0.1) is 13.8 Å². The molecule has 1 aliphatic heterocycles. The van der Waals surface area contributed by atoms with Crippen LogP contribution in [0.4, 0.5) is 13.2 Å². The quantitative estimate of drug-likeness (QED) is 0.830. The van der Waals surface area contributed by atoms with Crippen molar-refractivity contribution in [2.75, 3.05) is 13.1 Å².